The van der Waals surface area contributed by atoms with Crippen molar-refractivity contribution in [2.24, 2.45) is 4.99 Å². The van der Waals surface area contributed by atoms with E-state index in [-0.39, 0.29) is 26.3 Å². The average molecular weight is 422 g/mol. The quantitative estimate of drug-likeness (QED) is 0.591. The van der Waals surface area contributed by atoms with Gasteiger partial charge in [0.05, 0.1) is 37.1 Å². The minimum atomic E-state index is -0.879. The topological polar surface area (TPSA) is 79.1 Å². The van der Waals surface area contributed by atoms with E-state index in [0.29, 0.717) is 11.8 Å². The van der Waals surface area contributed by atoms with Crippen molar-refractivity contribution in [3.63, 3.8) is 0 Å². The Kier molecular flexibility index (Phi) is 5.92. The van der Waals surface area contributed by atoms with Crippen molar-refractivity contribution in [3.8, 4) is 11.5 Å². The van der Waals surface area contributed by atoms with Gasteiger partial charge in [0.2, 0.25) is 0 Å². The van der Waals surface area contributed by atoms with E-state index in [1.54, 1.807) is 6.07 Å². The molecule has 10 heteroatoms. The number of benzene rings is 2. The highest BCUT2D eigenvalue weighted by Gasteiger charge is 2.18. The Bertz CT molecular complexity index is 1170. The lowest BCUT2D eigenvalue weighted by molar-refractivity contribution is -0.141. The third-order valence-electron chi connectivity index (χ3n) is 4.05. The maximum Gasteiger partial charge on any atom is 0.325 e. The number of halogens is 2. The molecule has 1 aromatic heterocycles. The van der Waals surface area contributed by atoms with Crippen LogP contribution in [0.15, 0.2) is 35.3 Å². The molecule has 0 aliphatic rings. The maximum absolute atomic E-state index is 14.4. The number of methoxy groups -OCH3 is 3. The molecule has 3 aromatic rings. The molecule has 29 heavy (non-hydrogen) atoms. The van der Waals surface area contributed by atoms with Gasteiger partial charge in [-0.1, -0.05) is 11.3 Å². The van der Waals surface area contributed by atoms with Gasteiger partial charge in [-0.3, -0.25) is 9.59 Å². The van der Waals surface area contributed by atoms with Gasteiger partial charge in [0.1, 0.15) is 23.9 Å². The number of carbonyl (C=O) groups excluding carboxylic acids is 2. The number of thiazole rings is 1. The fraction of sp³-hybridized carbons (Fsp3) is 0.211. The molecule has 1 heterocycles. The molecule has 1 amide bonds. The number of esters is 1. The summed E-state index contributed by atoms with van der Waals surface area (Å²) in [6.45, 7) is -0.398. The highest BCUT2D eigenvalue weighted by molar-refractivity contribution is 7.16. The van der Waals surface area contributed by atoms with Crippen LogP contribution in [0.3, 0.4) is 0 Å². The van der Waals surface area contributed by atoms with Crippen LogP contribution in [0.25, 0.3) is 10.2 Å². The van der Waals surface area contributed by atoms with E-state index in [1.807, 2.05) is 0 Å². The molecule has 0 spiro atoms. The lowest BCUT2D eigenvalue weighted by Crippen LogP contribution is -2.23. The molecule has 152 valence electrons. The maximum atomic E-state index is 14.4. The summed E-state index contributed by atoms with van der Waals surface area (Å²) in [5, 5.41) is 0. The van der Waals surface area contributed by atoms with Crippen molar-refractivity contribution in [3.05, 3.63) is 52.3 Å². The number of nitrogens with zero attached hydrogens (tertiary/aromatic N) is 2. The molecule has 0 aliphatic heterocycles. The lowest BCUT2D eigenvalue weighted by atomic mass is 10.2. The summed E-state index contributed by atoms with van der Waals surface area (Å²) < 4.78 is 44.3. The van der Waals surface area contributed by atoms with Gasteiger partial charge in [-0.2, -0.15) is 4.99 Å². The second-order valence-corrected chi connectivity index (χ2v) is 6.77. The molecule has 0 unspecified atom stereocenters. The first kappa shape index (κ1) is 20.5. The van der Waals surface area contributed by atoms with E-state index >= 15 is 0 Å². The Balaban J connectivity index is 2.19. The first-order chi connectivity index (χ1) is 13.9. The van der Waals surface area contributed by atoms with Gasteiger partial charge in [-0.05, 0) is 18.2 Å². The van der Waals surface area contributed by atoms with Gasteiger partial charge >= 0.3 is 5.97 Å². The van der Waals surface area contributed by atoms with Crippen LogP contribution < -0.4 is 14.3 Å². The van der Waals surface area contributed by atoms with E-state index < -0.39 is 30.1 Å². The lowest BCUT2D eigenvalue weighted by Gasteiger charge is -2.08. The van der Waals surface area contributed by atoms with E-state index in [4.69, 9.17) is 9.47 Å². The van der Waals surface area contributed by atoms with Crippen LogP contribution >= 0.6 is 11.3 Å². The predicted octanol–water partition coefficient (Wildman–Crippen LogP) is 2.91. The molecule has 0 saturated carbocycles. The van der Waals surface area contributed by atoms with Crippen molar-refractivity contribution in [2.75, 3.05) is 21.3 Å². The summed E-state index contributed by atoms with van der Waals surface area (Å²) in [5.41, 5.74) is 0.0945. The zero-order valence-corrected chi connectivity index (χ0v) is 16.5. The van der Waals surface area contributed by atoms with Crippen molar-refractivity contribution in [2.45, 2.75) is 6.54 Å². The van der Waals surface area contributed by atoms with Gasteiger partial charge in [0, 0.05) is 12.1 Å². The molecule has 0 fully saturated rings. The SMILES string of the molecule is COC(=O)Cn1c(=NC(=O)c2ccc(OC)cc2OC)sc2cc(F)cc(F)c21. The van der Waals surface area contributed by atoms with Crippen LogP contribution in [-0.4, -0.2) is 37.8 Å². The number of ether oxygens (including phenoxy) is 3. The van der Waals surface area contributed by atoms with Crippen LogP contribution in [0.4, 0.5) is 8.78 Å². The molecule has 0 radical (unpaired) electrons. The minimum absolute atomic E-state index is 0.0118. The Labute approximate surface area is 167 Å². The molecule has 3 rings (SSSR count). The normalized spacial score (nSPS) is 11.6. The van der Waals surface area contributed by atoms with Gasteiger partial charge in [-0.25, -0.2) is 8.78 Å². The number of hydrogen-bond donors (Lipinski definition) is 0. The molecule has 0 atom stereocenters. The Hall–Kier alpha value is -3.27. The highest BCUT2D eigenvalue weighted by atomic mass is 32.1. The van der Waals surface area contributed by atoms with Crippen molar-refractivity contribution >= 4 is 33.4 Å². The molecule has 0 saturated heterocycles. The van der Waals surface area contributed by atoms with Crippen LogP contribution in [0.2, 0.25) is 0 Å². The zero-order chi connectivity index (χ0) is 21.1. The third-order valence-corrected chi connectivity index (χ3v) is 5.07. The zero-order valence-electron chi connectivity index (χ0n) is 15.7. The molecule has 2 aromatic carbocycles. The second-order valence-electron chi connectivity index (χ2n) is 5.76. The molecule has 0 aliphatic carbocycles. The van der Waals surface area contributed by atoms with Crippen LogP contribution in [0.1, 0.15) is 10.4 Å². The third kappa shape index (κ3) is 4.11. The molecule has 0 N–H and O–H groups in total. The largest absolute Gasteiger partial charge is 0.497 e. The first-order valence-electron chi connectivity index (χ1n) is 8.24. The van der Waals surface area contributed by atoms with E-state index in [2.05, 4.69) is 9.73 Å². The predicted molar refractivity (Wildman–Crippen MR) is 101 cm³/mol. The van der Waals surface area contributed by atoms with Crippen LogP contribution in [-0.2, 0) is 16.1 Å². The fourth-order valence-corrected chi connectivity index (χ4v) is 3.74. The molecule has 0 bridgehead atoms. The molecular formula is C19H16F2N2O5S. The first-order valence-corrected chi connectivity index (χ1v) is 9.06. The number of hydrogen-bond acceptors (Lipinski definition) is 6. The monoisotopic (exact) mass is 422 g/mol. The summed E-state index contributed by atoms with van der Waals surface area (Å²) in [7, 11) is 4.04. The number of carbonyl (C=O) groups is 2. The molecule has 7 nitrogen and oxygen atoms in total. The van der Waals surface area contributed by atoms with Gasteiger partial charge in [0.15, 0.2) is 10.6 Å². The fourth-order valence-electron chi connectivity index (χ4n) is 2.68. The van der Waals surface area contributed by atoms with Crippen molar-refractivity contribution in [1.82, 2.24) is 4.57 Å². The van der Waals surface area contributed by atoms with Crippen molar-refractivity contribution in [1.29, 1.82) is 0 Å². The molecular weight excluding hydrogens is 406 g/mol. The second kappa shape index (κ2) is 8.39. The number of aromatic nitrogens is 1. The van der Waals surface area contributed by atoms with E-state index in [1.165, 1.54) is 38.0 Å². The number of fused-ring (bicyclic) bond motifs is 1. The van der Waals surface area contributed by atoms with Crippen molar-refractivity contribution < 1.29 is 32.6 Å². The van der Waals surface area contributed by atoms with E-state index in [0.717, 1.165) is 17.4 Å². The summed E-state index contributed by atoms with van der Waals surface area (Å²) >= 11 is 0.871. The summed E-state index contributed by atoms with van der Waals surface area (Å²) in [4.78, 5) is 28.6. The van der Waals surface area contributed by atoms with Crippen LogP contribution in [0.5, 0.6) is 11.5 Å². The van der Waals surface area contributed by atoms with Gasteiger partial charge in [-0.15, -0.1) is 0 Å². The summed E-state index contributed by atoms with van der Waals surface area (Å²) in [6, 6.07) is 6.36. The summed E-state index contributed by atoms with van der Waals surface area (Å²) in [6.07, 6.45) is 0. The Morgan fingerprint density at radius 1 is 1.10 bits per heavy atom. The van der Waals surface area contributed by atoms with Gasteiger partial charge in [0.25, 0.3) is 5.91 Å². The van der Waals surface area contributed by atoms with Gasteiger partial charge < -0.3 is 18.8 Å². The minimum Gasteiger partial charge on any atom is -0.497 e. The highest BCUT2D eigenvalue weighted by Crippen LogP contribution is 2.26. The van der Waals surface area contributed by atoms with E-state index in [9.17, 15) is 18.4 Å². The average Bonchev–Trinajstić information content (AvgIpc) is 3.03. The Morgan fingerprint density at radius 2 is 1.86 bits per heavy atom. The number of amides is 1. The Morgan fingerprint density at radius 3 is 2.52 bits per heavy atom. The smallest absolute Gasteiger partial charge is 0.325 e. The standard InChI is InChI=1S/C19H16F2N2O5S/c1-26-11-4-5-12(14(8-11)27-2)18(25)22-19-23(9-16(24)28-3)17-13(21)6-10(20)7-15(17)29-19/h4-8H,9H2,1-3H3. The number of rotatable bonds is 5. The van der Waals surface area contributed by atoms with Crippen LogP contribution in [0, 0.1) is 11.6 Å². The summed E-state index contributed by atoms with van der Waals surface area (Å²) in [5.74, 6) is -2.30.